The lowest BCUT2D eigenvalue weighted by atomic mass is 9.81. The first-order chi connectivity index (χ1) is 16.7. The summed E-state index contributed by atoms with van der Waals surface area (Å²) in [7, 11) is 0. The number of nitrogens with one attached hydrogen (secondary N) is 2. The third-order valence-electron chi connectivity index (χ3n) is 7.03. The molecule has 4 N–H and O–H groups in total. The van der Waals surface area contributed by atoms with Gasteiger partial charge in [-0.15, -0.1) is 5.10 Å². The summed E-state index contributed by atoms with van der Waals surface area (Å²) < 4.78 is 0. The lowest BCUT2D eigenvalue weighted by molar-refractivity contribution is 0.340. The molecule has 0 bridgehead atoms. The number of nitrogens with zero attached hydrogens (tertiary/aromatic N) is 4. The summed E-state index contributed by atoms with van der Waals surface area (Å²) in [6.45, 7) is 0.882. The van der Waals surface area contributed by atoms with Crippen molar-refractivity contribution in [3.8, 4) is 6.07 Å². The number of aromatic nitrogens is 4. The van der Waals surface area contributed by atoms with Crippen LogP contribution in [0.3, 0.4) is 0 Å². The van der Waals surface area contributed by atoms with E-state index in [1.807, 2.05) is 30.3 Å². The molecule has 7 heteroatoms. The largest absolute Gasteiger partial charge is 0.384 e. The number of hydrogen-bond donors (Lipinski definition) is 3. The molecular formula is C27H29N7. The second kappa shape index (κ2) is 10.0. The van der Waals surface area contributed by atoms with E-state index >= 15 is 0 Å². The van der Waals surface area contributed by atoms with Crippen LogP contribution in [0.4, 0.5) is 5.82 Å². The minimum atomic E-state index is 0.0683. The van der Waals surface area contributed by atoms with Crippen molar-refractivity contribution in [3.63, 3.8) is 0 Å². The van der Waals surface area contributed by atoms with Gasteiger partial charge in [0, 0.05) is 12.0 Å². The van der Waals surface area contributed by atoms with Gasteiger partial charge in [-0.25, -0.2) is 10.1 Å². The van der Waals surface area contributed by atoms with Crippen molar-refractivity contribution in [2.24, 2.45) is 0 Å². The predicted molar refractivity (Wildman–Crippen MR) is 133 cm³/mol. The van der Waals surface area contributed by atoms with E-state index in [1.54, 1.807) is 0 Å². The standard InChI is InChI=1S/C27H29N7/c28-17-18-6-8-21(9-7-18)23(24-16-25(29)31-27-26(24)32-34-33-27)14-15-30-22-12-10-20(11-13-22)19-4-2-1-3-5-19/h1-9,16,20,22-23,30H,10-15H2,(H3,29,31,32,33,34)/t20-,22-,23?. The first-order valence-electron chi connectivity index (χ1n) is 12.0. The van der Waals surface area contributed by atoms with E-state index in [1.165, 1.54) is 31.2 Å². The summed E-state index contributed by atoms with van der Waals surface area (Å²) in [6, 6.07) is 23.3. The maximum Gasteiger partial charge on any atom is 0.178 e. The molecule has 2 aromatic heterocycles. The molecule has 4 aromatic rings. The van der Waals surface area contributed by atoms with E-state index in [4.69, 9.17) is 5.73 Å². The fourth-order valence-corrected chi connectivity index (χ4v) is 5.23. The normalized spacial score (nSPS) is 19.0. The van der Waals surface area contributed by atoms with Crippen LogP contribution in [-0.4, -0.2) is 33.0 Å². The zero-order chi connectivity index (χ0) is 23.3. The Morgan fingerprint density at radius 1 is 1.06 bits per heavy atom. The van der Waals surface area contributed by atoms with Gasteiger partial charge in [0.1, 0.15) is 11.3 Å². The zero-order valence-electron chi connectivity index (χ0n) is 19.1. The molecule has 0 aliphatic heterocycles. The molecule has 2 heterocycles. The second-order valence-corrected chi connectivity index (χ2v) is 9.13. The Balaban J connectivity index is 1.29. The Morgan fingerprint density at radius 3 is 2.56 bits per heavy atom. The van der Waals surface area contributed by atoms with Crippen LogP contribution in [-0.2, 0) is 0 Å². The van der Waals surface area contributed by atoms with Crippen LogP contribution in [0.25, 0.3) is 11.2 Å². The van der Waals surface area contributed by atoms with Crippen LogP contribution in [0.15, 0.2) is 60.7 Å². The number of H-pyrrole nitrogens is 1. The Bertz CT molecular complexity index is 1270. The Labute approximate surface area is 199 Å². The lowest BCUT2D eigenvalue weighted by Gasteiger charge is -2.30. The summed E-state index contributed by atoms with van der Waals surface area (Å²) in [5, 5.41) is 24.1. The molecule has 0 radical (unpaired) electrons. The summed E-state index contributed by atoms with van der Waals surface area (Å²) in [6.07, 6.45) is 5.71. The second-order valence-electron chi connectivity index (χ2n) is 9.13. The first kappa shape index (κ1) is 22.1. The van der Waals surface area contributed by atoms with Crippen molar-refractivity contribution in [1.82, 2.24) is 25.7 Å². The molecule has 0 spiro atoms. The number of rotatable bonds is 7. The fourth-order valence-electron chi connectivity index (χ4n) is 5.23. The molecule has 34 heavy (non-hydrogen) atoms. The zero-order valence-corrected chi connectivity index (χ0v) is 19.1. The van der Waals surface area contributed by atoms with Crippen LogP contribution >= 0.6 is 0 Å². The third-order valence-corrected chi connectivity index (χ3v) is 7.03. The maximum absolute atomic E-state index is 9.20. The minimum Gasteiger partial charge on any atom is -0.384 e. The maximum atomic E-state index is 9.20. The van der Waals surface area contributed by atoms with Crippen LogP contribution in [0, 0.1) is 11.3 Å². The molecule has 1 aliphatic rings. The Hall–Kier alpha value is -3.76. The third kappa shape index (κ3) is 4.78. The summed E-state index contributed by atoms with van der Waals surface area (Å²) >= 11 is 0. The summed E-state index contributed by atoms with van der Waals surface area (Å²) in [4.78, 5) is 4.32. The summed E-state index contributed by atoms with van der Waals surface area (Å²) in [5.41, 5.74) is 11.7. The molecule has 0 saturated heterocycles. The van der Waals surface area contributed by atoms with Gasteiger partial charge < -0.3 is 11.1 Å². The molecule has 2 aromatic carbocycles. The Morgan fingerprint density at radius 2 is 1.82 bits per heavy atom. The predicted octanol–water partition coefficient (Wildman–Crippen LogP) is 4.64. The number of fused-ring (bicyclic) bond motifs is 1. The molecule has 1 atom stereocenters. The average molecular weight is 452 g/mol. The number of nitriles is 1. The molecule has 172 valence electrons. The van der Waals surface area contributed by atoms with Crippen LogP contribution < -0.4 is 11.1 Å². The number of nitrogens with two attached hydrogens (primary N) is 1. The molecule has 1 fully saturated rings. The van der Waals surface area contributed by atoms with E-state index in [0.717, 1.165) is 29.6 Å². The van der Waals surface area contributed by atoms with Crippen molar-refractivity contribution in [2.45, 2.75) is 50.0 Å². The average Bonchev–Trinajstić information content (AvgIpc) is 3.36. The molecule has 1 saturated carbocycles. The number of pyridine rings is 1. The van der Waals surface area contributed by atoms with Crippen molar-refractivity contribution in [1.29, 1.82) is 5.26 Å². The van der Waals surface area contributed by atoms with Crippen LogP contribution in [0.5, 0.6) is 0 Å². The van der Waals surface area contributed by atoms with Gasteiger partial charge in [0.15, 0.2) is 5.65 Å². The quantitative estimate of drug-likeness (QED) is 0.377. The molecule has 5 rings (SSSR count). The number of anilines is 1. The van der Waals surface area contributed by atoms with Gasteiger partial charge in [0.2, 0.25) is 0 Å². The SMILES string of the molecule is N#Cc1ccc(C(CCN[C@H]2CC[C@H](c3ccccc3)CC2)c2cc(N)nc3[nH]nnc23)cc1. The van der Waals surface area contributed by atoms with Crippen molar-refractivity contribution < 1.29 is 0 Å². The number of aromatic amines is 1. The van der Waals surface area contributed by atoms with E-state index in [-0.39, 0.29) is 5.92 Å². The number of nitrogen functional groups attached to an aromatic ring is 1. The highest BCUT2D eigenvalue weighted by molar-refractivity contribution is 5.77. The van der Waals surface area contributed by atoms with Crippen LogP contribution in [0.2, 0.25) is 0 Å². The highest BCUT2D eigenvalue weighted by Crippen LogP contribution is 2.34. The van der Waals surface area contributed by atoms with Crippen molar-refractivity contribution >= 4 is 17.0 Å². The first-order valence-corrected chi connectivity index (χ1v) is 12.0. The van der Waals surface area contributed by atoms with Gasteiger partial charge in [0.05, 0.1) is 11.6 Å². The topological polar surface area (TPSA) is 116 Å². The van der Waals surface area contributed by atoms with E-state index < -0.39 is 0 Å². The van der Waals surface area contributed by atoms with Crippen LogP contribution in [0.1, 0.15) is 66.2 Å². The van der Waals surface area contributed by atoms with Gasteiger partial charge in [-0.1, -0.05) is 47.7 Å². The monoisotopic (exact) mass is 451 g/mol. The molecule has 1 aliphatic carbocycles. The molecule has 1 unspecified atom stereocenters. The number of benzene rings is 2. The van der Waals surface area contributed by atoms with Gasteiger partial charge >= 0.3 is 0 Å². The summed E-state index contributed by atoms with van der Waals surface area (Å²) in [5.74, 6) is 1.18. The smallest absolute Gasteiger partial charge is 0.178 e. The van der Waals surface area contributed by atoms with Gasteiger partial charge in [-0.3, -0.25) is 0 Å². The van der Waals surface area contributed by atoms with Crippen molar-refractivity contribution in [2.75, 3.05) is 12.3 Å². The molecular weight excluding hydrogens is 422 g/mol. The van der Waals surface area contributed by atoms with E-state index in [2.05, 4.69) is 62.1 Å². The number of hydrogen-bond acceptors (Lipinski definition) is 6. The highest BCUT2D eigenvalue weighted by Gasteiger charge is 2.24. The van der Waals surface area contributed by atoms with E-state index in [0.29, 0.717) is 29.0 Å². The lowest BCUT2D eigenvalue weighted by Crippen LogP contribution is -2.34. The minimum absolute atomic E-state index is 0.0683. The van der Waals surface area contributed by atoms with Gasteiger partial charge in [-0.05, 0) is 79.5 Å². The van der Waals surface area contributed by atoms with E-state index in [9.17, 15) is 5.26 Å². The highest BCUT2D eigenvalue weighted by atomic mass is 15.3. The van der Waals surface area contributed by atoms with Gasteiger partial charge in [-0.2, -0.15) is 5.26 Å². The molecule has 0 amide bonds. The van der Waals surface area contributed by atoms with Gasteiger partial charge in [0.25, 0.3) is 0 Å². The Kier molecular flexibility index (Phi) is 6.50. The fraction of sp³-hybridized carbons (Fsp3) is 0.333. The molecule has 7 nitrogen and oxygen atoms in total. The van der Waals surface area contributed by atoms with Crippen molar-refractivity contribution in [3.05, 3.63) is 82.9 Å².